The number of urea groups is 1. The number of carbonyl (C=O) groups is 3. The lowest BCUT2D eigenvalue weighted by Gasteiger charge is -2.27. The standard InChI is InChI=1S/C23H18ClN3O3/c24-16-10-12-17(13-11-16)25-23(30)26-20(14-15-6-2-1-3-7-15)27-21(28)18-8-4-5-9-19(18)22(27)29/h1-13,20H,14H2,(H2,25,26,30). The Labute approximate surface area is 178 Å². The summed E-state index contributed by atoms with van der Waals surface area (Å²) in [6.45, 7) is 0. The topological polar surface area (TPSA) is 78.5 Å². The molecule has 0 aliphatic carbocycles. The zero-order valence-electron chi connectivity index (χ0n) is 15.8. The highest BCUT2D eigenvalue weighted by Gasteiger charge is 2.40. The van der Waals surface area contributed by atoms with Gasteiger partial charge in [0, 0.05) is 17.1 Å². The highest BCUT2D eigenvalue weighted by molar-refractivity contribution is 6.30. The van der Waals surface area contributed by atoms with Crippen molar-refractivity contribution in [1.82, 2.24) is 10.2 Å². The van der Waals surface area contributed by atoms with Gasteiger partial charge >= 0.3 is 6.03 Å². The van der Waals surface area contributed by atoms with Crippen LogP contribution < -0.4 is 10.6 Å². The van der Waals surface area contributed by atoms with Crippen LogP contribution in [0.3, 0.4) is 0 Å². The number of hydrogen-bond donors (Lipinski definition) is 2. The predicted octanol–water partition coefficient (Wildman–Crippen LogP) is 4.33. The summed E-state index contributed by atoms with van der Waals surface area (Å²) in [6.07, 6.45) is -0.576. The lowest BCUT2D eigenvalue weighted by molar-refractivity contribution is 0.0565. The molecule has 0 bridgehead atoms. The van der Waals surface area contributed by atoms with Crippen LogP contribution >= 0.6 is 11.6 Å². The van der Waals surface area contributed by atoms with Crippen molar-refractivity contribution in [1.29, 1.82) is 0 Å². The highest BCUT2D eigenvalue weighted by Crippen LogP contribution is 2.25. The molecule has 1 atom stereocenters. The maximum atomic E-state index is 12.9. The van der Waals surface area contributed by atoms with Gasteiger partial charge in [-0.2, -0.15) is 0 Å². The van der Waals surface area contributed by atoms with Gasteiger partial charge in [0.25, 0.3) is 11.8 Å². The number of benzene rings is 3. The zero-order valence-corrected chi connectivity index (χ0v) is 16.6. The van der Waals surface area contributed by atoms with Crippen molar-refractivity contribution in [2.24, 2.45) is 0 Å². The summed E-state index contributed by atoms with van der Waals surface area (Å²) in [5.41, 5.74) is 2.09. The molecule has 0 radical (unpaired) electrons. The predicted molar refractivity (Wildman–Crippen MR) is 114 cm³/mol. The van der Waals surface area contributed by atoms with Crippen LogP contribution in [0.15, 0.2) is 78.9 Å². The van der Waals surface area contributed by atoms with Crippen LogP contribution in [0.5, 0.6) is 0 Å². The van der Waals surface area contributed by atoms with Crippen molar-refractivity contribution in [3.63, 3.8) is 0 Å². The number of nitrogens with one attached hydrogen (secondary N) is 2. The Morgan fingerprint density at radius 3 is 2.00 bits per heavy atom. The molecule has 0 saturated carbocycles. The van der Waals surface area contributed by atoms with E-state index in [2.05, 4.69) is 10.6 Å². The van der Waals surface area contributed by atoms with E-state index in [0.717, 1.165) is 10.5 Å². The first kappa shape index (κ1) is 19.7. The van der Waals surface area contributed by atoms with Crippen LogP contribution in [0, 0.1) is 0 Å². The highest BCUT2D eigenvalue weighted by atomic mass is 35.5. The number of imide groups is 1. The van der Waals surface area contributed by atoms with E-state index >= 15 is 0 Å². The second-order valence-corrected chi connectivity index (χ2v) is 7.27. The summed E-state index contributed by atoms with van der Waals surface area (Å²) in [7, 11) is 0. The average Bonchev–Trinajstić information content (AvgIpc) is 3.01. The minimum absolute atomic E-state index is 0.278. The summed E-state index contributed by atoms with van der Waals surface area (Å²) in [4.78, 5) is 39.6. The van der Waals surface area contributed by atoms with Crippen molar-refractivity contribution < 1.29 is 14.4 Å². The Bertz CT molecular complexity index is 1070. The Morgan fingerprint density at radius 1 is 0.833 bits per heavy atom. The fourth-order valence-corrected chi connectivity index (χ4v) is 3.51. The quantitative estimate of drug-likeness (QED) is 0.604. The van der Waals surface area contributed by atoms with Gasteiger partial charge in [-0.05, 0) is 42.0 Å². The van der Waals surface area contributed by atoms with E-state index in [-0.39, 0.29) is 6.42 Å². The summed E-state index contributed by atoms with van der Waals surface area (Å²) >= 11 is 5.88. The molecule has 3 aromatic rings. The SMILES string of the molecule is O=C(Nc1ccc(Cl)cc1)NC(Cc1ccccc1)N1C(=O)c2ccccc2C1=O. The van der Waals surface area contributed by atoms with Gasteiger partial charge in [0.2, 0.25) is 0 Å². The van der Waals surface area contributed by atoms with Crippen molar-refractivity contribution in [2.45, 2.75) is 12.6 Å². The minimum atomic E-state index is -0.855. The molecular weight excluding hydrogens is 402 g/mol. The summed E-state index contributed by atoms with van der Waals surface area (Å²) < 4.78 is 0. The molecule has 6 nitrogen and oxygen atoms in total. The summed E-state index contributed by atoms with van der Waals surface area (Å²) in [5, 5.41) is 6.02. The lowest BCUT2D eigenvalue weighted by atomic mass is 10.1. The monoisotopic (exact) mass is 419 g/mol. The molecule has 4 rings (SSSR count). The van der Waals surface area contributed by atoms with Gasteiger partial charge < -0.3 is 10.6 Å². The average molecular weight is 420 g/mol. The van der Waals surface area contributed by atoms with Crippen LogP contribution in [0.2, 0.25) is 5.02 Å². The molecule has 1 unspecified atom stereocenters. The molecule has 3 aromatic carbocycles. The molecule has 7 heteroatoms. The number of amides is 4. The molecule has 4 amide bonds. The molecule has 150 valence electrons. The van der Waals surface area contributed by atoms with E-state index in [1.54, 1.807) is 48.5 Å². The van der Waals surface area contributed by atoms with Crippen LogP contribution in [-0.4, -0.2) is 28.9 Å². The number of anilines is 1. The third-order valence-corrected chi connectivity index (χ3v) is 5.06. The normalized spacial score (nSPS) is 13.7. The fraction of sp³-hybridized carbons (Fsp3) is 0.0870. The Kier molecular flexibility index (Phi) is 5.50. The van der Waals surface area contributed by atoms with E-state index in [0.29, 0.717) is 21.8 Å². The van der Waals surface area contributed by atoms with E-state index in [1.165, 1.54) is 0 Å². The third-order valence-electron chi connectivity index (χ3n) is 4.81. The number of carbonyl (C=O) groups excluding carboxylic acids is 3. The van der Waals surface area contributed by atoms with Crippen molar-refractivity contribution in [3.05, 3.63) is 101 Å². The fourth-order valence-electron chi connectivity index (χ4n) is 3.39. The molecular formula is C23H18ClN3O3. The summed E-state index contributed by atoms with van der Waals surface area (Å²) in [5.74, 6) is -0.855. The van der Waals surface area contributed by atoms with Crippen molar-refractivity contribution in [3.8, 4) is 0 Å². The maximum Gasteiger partial charge on any atom is 0.320 e. The molecule has 0 fully saturated rings. The van der Waals surface area contributed by atoms with Crippen LogP contribution in [0.1, 0.15) is 26.3 Å². The van der Waals surface area contributed by atoms with E-state index < -0.39 is 24.0 Å². The van der Waals surface area contributed by atoms with Crippen molar-refractivity contribution in [2.75, 3.05) is 5.32 Å². The summed E-state index contributed by atoms with van der Waals surface area (Å²) in [6, 6.07) is 22.1. The number of hydrogen-bond acceptors (Lipinski definition) is 3. The van der Waals surface area contributed by atoms with Gasteiger partial charge in [0.15, 0.2) is 0 Å². The Morgan fingerprint density at radius 2 is 1.40 bits per heavy atom. The first-order valence-corrected chi connectivity index (χ1v) is 9.74. The lowest BCUT2D eigenvalue weighted by Crippen LogP contribution is -2.53. The van der Waals surface area contributed by atoms with Crippen LogP contribution in [0.4, 0.5) is 10.5 Å². The van der Waals surface area contributed by atoms with Gasteiger partial charge in [0.1, 0.15) is 6.17 Å². The Hall–Kier alpha value is -3.64. The first-order valence-electron chi connectivity index (χ1n) is 9.37. The largest absolute Gasteiger partial charge is 0.320 e. The van der Waals surface area contributed by atoms with Gasteiger partial charge in [-0.25, -0.2) is 4.79 Å². The zero-order chi connectivity index (χ0) is 21.1. The molecule has 0 spiro atoms. The number of rotatable bonds is 5. The number of fused-ring (bicyclic) bond motifs is 1. The second-order valence-electron chi connectivity index (χ2n) is 6.84. The Balaban J connectivity index is 1.58. The maximum absolute atomic E-state index is 12.9. The first-order chi connectivity index (χ1) is 14.5. The molecule has 1 heterocycles. The van der Waals surface area contributed by atoms with Gasteiger partial charge in [-0.15, -0.1) is 0 Å². The van der Waals surface area contributed by atoms with Gasteiger partial charge in [-0.1, -0.05) is 54.1 Å². The molecule has 1 aliphatic heterocycles. The minimum Gasteiger partial charge on any atom is -0.317 e. The smallest absolute Gasteiger partial charge is 0.317 e. The molecule has 0 aromatic heterocycles. The van der Waals surface area contributed by atoms with Crippen LogP contribution in [0.25, 0.3) is 0 Å². The molecule has 30 heavy (non-hydrogen) atoms. The van der Waals surface area contributed by atoms with E-state index in [1.807, 2.05) is 30.3 Å². The van der Waals surface area contributed by atoms with E-state index in [4.69, 9.17) is 11.6 Å². The number of nitrogens with zero attached hydrogens (tertiary/aromatic N) is 1. The van der Waals surface area contributed by atoms with Gasteiger partial charge in [0.05, 0.1) is 11.1 Å². The van der Waals surface area contributed by atoms with E-state index in [9.17, 15) is 14.4 Å². The van der Waals surface area contributed by atoms with Crippen molar-refractivity contribution >= 4 is 35.1 Å². The molecule has 1 aliphatic rings. The second kappa shape index (κ2) is 8.39. The molecule has 0 saturated heterocycles. The molecule has 2 N–H and O–H groups in total. The van der Waals surface area contributed by atoms with Crippen LogP contribution in [-0.2, 0) is 6.42 Å². The number of halogens is 1. The third kappa shape index (κ3) is 4.04. The van der Waals surface area contributed by atoms with Gasteiger partial charge in [-0.3, -0.25) is 14.5 Å².